The standard InChI is InChI=1S/C21H17F3N2O4S2.C8H6ClNO2S2/c1-13-25-17-7-5-8-18(20(17)31-13)32(28,29)26-16-11-10-15(21(22,23)24)12-14(16)6-3-4-9-19(27)30-2;1-5-10-6-3-2-4-7(8(6)13-5)14(9,11)12/h5,7-8,10-12,26H,4,9H2,1-2H3;2-4H,1H3. The van der Waals surface area contributed by atoms with Gasteiger partial charge >= 0.3 is 12.1 Å². The van der Waals surface area contributed by atoms with Crippen molar-refractivity contribution in [3.8, 4) is 11.8 Å². The minimum absolute atomic E-state index is 0.0363. The van der Waals surface area contributed by atoms with Gasteiger partial charge in [-0.05, 0) is 56.3 Å². The van der Waals surface area contributed by atoms with Crippen molar-refractivity contribution in [2.45, 2.75) is 42.7 Å². The maximum absolute atomic E-state index is 13.2. The number of carbonyl (C=O) groups excluding carboxylic acids is 1. The molecule has 0 saturated carbocycles. The molecule has 17 heteroatoms. The quantitative estimate of drug-likeness (QED) is 0.110. The zero-order chi connectivity index (χ0) is 33.9. The van der Waals surface area contributed by atoms with Gasteiger partial charge in [-0.15, -0.1) is 22.7 Å². The van der Waals surface area contributed by atoms with Crippen LogP contribution in [0.5, 0.6) is 0 Å². The smallest absolute Gasteiger partial charge is 0.416 e. The number of rotatable bonds is 6. The first-order valence-electron chi connectivity index (χ1n) is 13.0. The van der Waals surface area contributed by atoms with Crippen molar-refractivity contribution < 1.29 is 39.5 Å². The molecule has 0 saturated heterocycles. The van der Waals surface area contributed by atoms with Crippen LogP contribution in [0.15, 0.2) is 64.4 Å². The number of carbonyl (C=O) groups is 1. The topological polar surface area (TPSA) is 132 Å². The number of nitrogens with one attached hydrogen (secondary N) is 1. The van der Waals surface area contributed by atoms with Crippen LogP contribution in [0.1, 0.15) is 34.0 Å². The SMILES string of the molecule is COC(=O)CCC#Cc1cc(C(F)(F)F)ccc1NS(=O)(=O)c1cccc2nc(C)sc12.Cc1nc2cccc(S(=O)(=O)Cl)c2s1. The molecule has 5 rings (SSSR count). The van der Waals surface area contributed by atoms with Gasteiger partial charge in [-0.25, -0.2) is 26.8 Å². The highest BCUT2D eigenvalue weighted by molar-refractivity contribution is 8.14. The summed E-state index contributed by atoms with van der Waals surface area (Å²) in [5.41, 5.74) is -0.0690. The number of hydrogen-bond donors (Lipinski definition) is 1. The number of halogens is 4. The maximum atomic E-state index is 13.2. The number of nitrogens with zero attached hydrogens (tertiary/aromatic N) is 2. The number of benzene rings is 3. The van der Waals surface area contributed by atoms with Gasteiger partial charge < -0.3 is 4.74 Å². The Morgan fingerprint density at radius 1 is 0.935 bits per heavy atom. The van der Waals surface area contributed by atoms with Crippen molar-refractivity contribution >= 4 is 84.5 Å². The van der Waals surface area contributed by atoms with E-state index in [9.17, 15) is 34.8 Å². The number of thiazole rings is 2. The fraction of sp³-hybridized carbons (Fsp3) is 0.207. The Hall–Kier alpha value is -3.75. The van der Waals surface area contributed by atoms with Crippen LogP contribution in [0.2, 0.25) is 0 Å². The molecular formula is C29H23ClF3N3O6S4. The number of fused-ring (bicyclic) bond motifs is 2. The molecule has 0 aliphatic heterocycles. The molecule has 5 aromatic rings. The van der Waals surface area contributed by atoms with E-state index in [0.29, 0.717) is 25.4 Å². The van der Waals surface area contributed by atoms with E-state index in [1.807, 2.05) is 6.92 Å². The van der Waals surface area contributed by atoms with E-state index in [1.165, 1.54) is 48.0 Å². The third-order valence-electron chi connectivity index (χ3n) is 6.02. The van der Waals surface area contributed by atoms with Crippen LogP contribution >= 0.6 is 33.4 Å². The lowest BCUT2D eigenvalue weighted by atomic mass is 10.1. The molecule has 0 fully saturated rings. The summed E-state index contributed by atoms with van der Waals surface area (Å²) in [7, 11) is -1.31. The maximum Gasteiger partial charge on any atom is 0.416 e. The van der Waals surface area contributed by atoms with Crippen LogP contribution in [0.4, 0.5) is 18.9 Å². The first-order chi connectivity index (χ1) is 21.5. The Balaban J connectivity index is 0.000000284. The largest absolute Gasteiger partial charge is 0.469 e. The second kappa shape index (κ2) is 13.9. The van der Waals surface area contributed by atoms with E-state index < -0.39 is 36.8 Å². The second-order valence-corrected chi connectivity index (χ2v) is 15.9. The average Bonchev–Trinajstić information content (AvgIpc) is 3.55. The summed E-state index contributed by atoms with van der Waals surface area (Å²) in [6.45, 7) is 3.57. The van der Waals surface area contributed by atoms with E-state index in [2.05, 4.69) is 31.3 Å². The Labute approximate surface area is 274 Å². The summed E-state index contributed by atoms with van der Waals surface area (Å²) in [6.07, 6.45) is -4.64. The zero-order valence-corrected chi connectivity index (χ0v) is 28.1. The highest BCUT2D eigenvalue weighted by atomic mass is 35.7. The lowest BCUT2D eigenvalue weighted by molar-refractivity contribution is -0.140. The first-order valence-corrected chi connectivity index (χ1v) is 18.4. The number of methoxy groups -OCH3 is 1. The van der Waals surface area contributed by atoms with Crippen LogP contribution in [0, 0.1) is 25.7 Å². The Morgan fingerprint density at radius 3 is 2.04 bits per heavy atom. The van der Waals surface area contributed by atoms with Gasteiger partial charge in [0.15, 0.2) is 0 Å². The van der Waals surface area contributed by atoms with Crippen molar-refractivity contribution in [3.05, 3.63) is 75.7 Å². The molecule has 0 unspecified atom stereocenters. The number of aromatic nitrogens is 2. The molecule has 0 radical (unpaired) electrons. The molecule has 0 spiro atoms. The Morgan fingerprint density at radius 2 is 1.50 bits per heavy atom. The minimum Gasteiger partial charge on any atom is -0.469 e. The number of alkyl halides is 3. The molecule has 1 N–H and O–H groups in total. The molecule has 0 aliphatic carbocycles. The molecule has 0 aliphatic rings. The van der Waals surface area contributed by atoms with Gasteiger partial charge in [0.25, 0.3) is 19.1 Å². The normalized spacial score (nSPS) is 11.8. The summed E-state index contributed by atoms with van der Waals surface area (Å²) >= 11 is 2.53. The Kier molecular flexibility index (Phi) is 10.6. The molecule has 9 nitrogen and oxygen atoms in total. The van der Waals surface area contributed by atoms with E-state index >= 15 is 0 Å². The molecule has 0 amide bonds. The van der Waals surface area contributed by atoms with Gasteiger partial charge in [0.2, 0.25) is 0 Å². The van der Waals surface area contributed by atoms with Gasteiger partial charge in [-0.1, -0.05) is 24.0 Å². The summed E-state index contributed by atoms with van der Waals surface area (Å²) in [6, 6.07) is 12.1. The third-order valence-corrected chi connectivity index (χ3v) is 11.1. The first kappa shape index (κ1) is 35.1. The molecule has 3 aromatic carbocycles. The van der Waals surface area contributed by atoms with E-state index in [0.717, 1.165) is 23.2 Å². The van der Waals surface area contributed by atoms with Gasteiger partial charge in [-0.3, -0.25) is 9.52 Å². The average molecular weight is 730 g/mol. The predicted molar refractivity (Wildman–Crippen MR) is 172 cm³/mol. The zero-order valence-electron chi connectivity index (χ0n) is 24.1. The monoisotopic (exact) mass is 729 g/mol. The lowest BCUT2D eigenvalue weighted by Crippen LogP contribution is -2.15. The number of sulfonamides is 1. The van der Waals surface area contributed by atoms with E-state index in [1.54, 1.807) is 25.1 Å². The highest BCUT2D eigenvalue weighted by Crippen LogP contribution is 2.34. The lowest BCUT2D eigenvalue weighted by Gasteiger charge is -2.13. The van der Waals surface area contributed by atoms with Crippen molar-refractivity contribution in [3.63, 3.8) is 0 Å². The third kappa shape index (κ3) is 8.53. The summed E-state index contributed by atoms with van der Waals surface area (Å²) in [5.74, 6) is 4.59. The molecule has 46 heavy (non-hydrogen) atoms. The van der Waals surface area contributed by atoms with Crippen molar-refractivity contribution in [1.82, 2.24) is 9.97 Å². The van der Waals surface area contributed by atoms with E-state index in [-0.39, 0.29) is 33.9 Å². The fourth-order valence-corrected chi connectivity index (χ4v) is 8.85. The van der Waals surface area contributed by atoms with Gasteiger partial charge in [0.05, 0.1) is 55.2 Å². The number of esters is 1. The molecule has 2 aromatic heterocycles. The highest BCUT2D eigenvalue weighted by Gasteiger charge is 2.31. The summed E-state index contributed by atoms with van der Waals surface area (Å²) in [5, 5.41) is 1.50. The van der Waals surface area contributed by atoms with Crippen LogP contribution in [0.3, 0.4) is 0 Å². The van der Waals surface area contributed by atoms with Crippen molar-refractivity contribution in [2.24, 2.45) is 0 Å². The summed E-state index contributed by atoms with van der Waals surface area (Å²) in [4.78, 5) is 19.7. The summed E-state index contributed by atoms with van der Waals surface area (Å²) < 4.78 is 95.9. The second-order valence-electron chi connectivity index (χ2n) is 9.35. The molecule has 0 bridgehead atoms. The van der Waals surface area contributed by atoms with Crippen LogP contribution in [-0.2, 0) is 34.8 Å². The molecule has 242 valence electrons. The number of aryl methyl sites for hydroxylation is 2. The minimum atomic E-state index is -4.63. The number of hydrogen-bond acceptors (Lipinski definition) is 10. The molecule has 2 heterocycles. The van der Waals surface area contributed by atoms with E-state index in [4.69, 9.17) is 10.7 Å². The van der Waals surface area contributed by atoms with Crippen LogP contribution in [0.25, 0.3) is 20.4 Å². The molecule has 0 atom stereocenters. The van der Waals surface area contributed by atoms with Crippen molar-refractivity contribution in [2.75, 3.05) is 11.8 Å². The van der Waals surface area contributed by atoms with Gasteiger partial charge in [0.1, 0.15) is 9.79 Å². The number of ether oxygens (including phenoxy) is 1. The fourth-order valence-electron chi connectivity index (χ4n) is 4.01. The molecular weight excluding hydrogens is 707 g/mol. The predicted octanol–water partition coefficient (Wildman–Crippen LogP) is 7.26. The Bertz CT molecular complexity index is 2220. The number of anilines is 1. The van der Waals surface area contributed by atoms with Crippen LogP contribution < -0.4 is 4.72 Å². The van der Waals surface area contributed by atoms with Crippen molar-refractivity contribution in [1.29, 1.82) is 0 Å². The van der Waals surface area contributed by atoms with Gasteiger partial charge in [0, 0.05) is 22.7 Å². The van der Waals surface area contributed by atoms with Crippen LogP contribution in [-0.4, -0.2) is 39.9 Å². The van der Waals surface area contributed by atoms with Gasteiger partial charge in [-0.2, -0.15) is 13.2 Å².